The second-order valence-electron chi connectivity index (χ2n) is 6.45. The second kappa shape index (κ2) is 8.35. The number of nitrogens with one attached hydrogen (secondary N) is 1. The maximum Gasteiger partial charge on any atom is 0.341 e. The summed E-state index contributed by atoms with van der Waals surface area (Å²) in [6.45, 7) is 7.71. The van der Waals surface area contributed by atoms with Gasteiger partial charge in [0.05, 0.1) is 6.61 Å². The smallest absolute Gasteiger partial charge is 0.341 e. The lowest BCUT2D eigenvalue weighted by atomic mass is 10.0. The van der Waals surface area contributed by atoms with Crippen LogP contribution in [-0.4, -0.2) is 23.5 Å². The Morgan fingerprint density at radius 1 is 1.11 bits per heavy atom. The van der Waals surface area contributed by atoms with Gasteiger partial charge in [-0.05, 0) is 51.0 Å². The zero-order chi connectivity index (χ0) is 20.3. The minimum Gasteiger partial charge on any atom is -0.462 e. The Morgan fingerprint density at radius 2 is 1.82 bits per heavy atom. The first-order chi connectivity index (χ1) is 13.4. The third-order valence-electron chi connectivity index (χ3n) is 4.18. The van der Waals surface area contributed by atoms with E-state index in [4.69, 9.17) is 4.74 Å². The average Bonchev–Trinajstić information content (AvgIpc) is 2.97. The van der Waals surface area contributed by atoms with Crippen molar-refractivity contribution in [1.82, 2.24) is 4.98 Å². The van der Waals surface area contributed by atoms with Crippen LogP contribution in [-0.2, 0) is 4.74 Å². The van der Waals surface area contributed by atoms with Crippen molar-refractivity contribution in [2.24, 2.45) is 0 Å². The van der Waals surface area contributed by atoms with E-state index in [0.717, 1.165) is 27.3 Å². The van der Waals surface area contributed by atoms with Crippen molar-refractivity contribution in [3.63, 3.8) is 0 Å². The van der Waals surface area contributed by atoms with E-state index in [2.05, 4.69) is 10.3 Å². The van der Waals surface area contributed by atoms with Gasteiger partial charge >= 0.3 is 5.97 Å². The van der Waals surface area contributed by atoms with Gasteiger partial charge in [0, 0.05) is 16.1 Å². The maximum absolute atomic E-state index is 12.8. The fourth-order valence-electron chi connectivity index (χ4n) is 3.11. The molecule has 1 aromatic carbocycles. The fraction of sp³-hybridized carbons (Fsp3) is 0.227. The van der Waals surface area contributed by atoms with Gasteiger partial charge in [-0.1, -0.05) is 30.3 Å². The number of amides is 1. The molecule has 0 fully saturated rings. The first kappa shape index (κ1) is 19.8. The summed E-state index contributed by atoms with van der Waals surface area (Å²) in [5.74, 6) is -0.799. The van der Waals surface area contributed by atoms with Crippen molar-refractivity contribution < 1.29 is 14.3 Å². The van der Waals surface area contributed by atoms with Crippen LogP contribution < -0.4 is 5.32 Å². The largest absolute Gasteiger partial charge is 0.462 e. The topological polar surface area (TPSA) is 68.3 Å². The molecule has 0 aliphatic carbocycles. The molecule has 6 heteroatoms. The number of rotatable bonds is 5. The Hall–Kier alpha value is -2.99. The Kier molecular flexibility index (Phi) is 5.90. The number of hydrogen-bond donors (Lipinski definition) is 1. The third-order valence-corrected chi connectivity index (χ3v) is 5.20. The summed E-state index contributed by atoms with van der Waals surface area (Å²) >= 11 is 1.36. The molecule has 1 N–H and O–H groups in total. The highest BCUT2D eigenvalue weighted by molar-refractivity contribution is 7.17. The van der Waals surface area contributed by atoms with Crippen molar-refractivity contribution in [3.05, 3.63) is 69.9 Å². The fourth-order valence-corrected chi connectivity index (χ4v) is 4.17. The van der Waals surface area contributed by atoms with Gasteiger partial charge in [0.1, 0.15) is 16.3 Å². The lowest BCUT2D eigenvalue weighted by Crippen LogP contribution is -2.16. The molecule has 0 radical (unpaired) electrons. The van der Waals surface area contributed by atoms with Crippen molar-refractivity contribution in [2.75, 3.05) is 11.9 Å². The molecule has 0 atom stereocenters. The molecule has 28 heavy (non-hydrogen) atoms. The molecular weight excluding hydrogens is 372 g/mol. The van der Waals surface area contributed by atoms with Gasteiger partial charge in [-0.25, -0.2) is 9.78 Å². The van der Waals surface area contributed by atoms with Crippen molar-refractivity contribution >= 4 is 28.2 Å². The zero-order valence-electron chi connectivity index (χ0n) is 16.3. The molecule has 0 unspecified atom stereocenters. The number of hydrogen-bond acceptors (Lipinski definition) is 5. The maximum atomic E-state index is 12.8. The number of benzene rings is 1. The molecule has 144 valence electrons. The minimum atomic E-state index is -0.450. The average molecular weight is 394 g/mol. The summed E-state index contributed by atoms with van der Waals surface area (Å²) in [5, 5.41) is 3.34. The van der Waals surface area contributed by atoms with E-state index < -0.39 is 5.97 Å². The quantitative estimate of drug-likeness (QED) is 0.607. The number of aromatic nitrogens is 1. The lowest BCUT2D eigenvalue weighted by Gasteiger charge is -2.09. The number of carbonyl (C=O) groups excluding carboxylic acids is 2. The van der Waals surface area contributed by atoms with Crippen molar-refractivity contribution in [3.8, 4) is 11.1 Å². The molecule has 2 aromatic heterocycles. The number of nitrogens with zero attached hydrogens (tertiary/aromatic N) is 1. The van der Waals surface area contributed by atoms with Gasteiger partial charge in [-0.2, -0.15) is 0 Å². The number of esters is 1. The van der Waals surface area contributed by atoms with Crippen LogP contribution in [0, 0.1) is 20.8 Å². The molecule has 3 rings (SSSR count). The molecule has 0 saturated carbocycles. The highest BCUT2D eigenvalue weighted by Gasteiger charge is 2.26. The van der Waals surface area contributed by atoms with Gasteiger partial charge in [-0.15, -0.1) is 11.3 Å². The van der Waals surface area contributed by atoms with Crippen molar-refractivity contribution in [1.29, 1.82) is 0 Å². The second-order valence-corrected chi connectivity index (χ2v) is 7.67. The molecular formula is C22H22N2O3S. The van der Waals surface area contributed by atoms with Crippen LogP contribution in [0.1, 0.15) is 43.9 Å². The van der Waals surface area contributed by atoms with E-state index in [1.165, 1.54) is 11.3 Å². The van der Waals surface area contributed by atoms with Crippen LogP contribution >= 0.6 is 11.3 Å². The van der Waals surface area contributed by atoms with Gasteiger partial charge in [-0.3, -0.25) is 4.79 Å². The monoisotopic (exact) mass is 394 g/mol. The number of anilines is 1. The normalized spacial score (nSPS) is 10.6. The van der Waals surface area contributed by atoms with Crippen LogP contribution in [0.4, 0.5) is 5.00 Å². The Morgan fingerprint density at radius 3 is 2.46 bits per heavy atom. The number of ether oxygens (including phenoxy) is 1. The van der Waals surface area contributed by atoms with Gasteiger partial charge in [0.2, 0.25) is 0 Å². The van der Waals surface area contributed by atoms with Crippen LogP contribution in [0.2, 0.25) is 0 Å². The lowest BCUT2D eigenvalue weighted by molar-refractivity contribution is 0.0529. The first-order valence-corrected chi connectivity index (χ1v) is 9.85. The number of carbonyl (C=O) groups is 2. The molecule has 0 spiro atoms. The minimum absolute atomic E-state index is 0.258. The van der Waals surface area contributed by atoms with Crippen LogP contribution in [0.15, 0.2) is 42.5 Å². The van der Waals surface area contributed by atoms with Gasteiger partial charge < -0.3 is 10.1 Å². The Balaban J connectivity index is 2.05. The SMILES string of the molecule is CCOC(=O)c1c(NC(=O)c2cc(C)cc(C)n2)sc(C)c1-c1ccccc1. The molecule has 0 saturated heterocycles. The van der Waals surface area contributed by atoms with E-state index >= 15 is 0 Å². The van der Waals surface area contributed by atoms with Crippen LogP contribution in [0.5, 0.6) is 0 Å². The number of thiophene rings is 1. The molecule has 1 amide bonds. The predicted molar refractivity (Wildman–Crippen MR) is 112 cm³/mol. The Labute approximate surface area is 168 Å². The number of pyridine rings is 1. The standard InChI is InChI=1S/C22H22N2O3S/c1-5-27-22(26)19-18(16-9-7-6-8-10-16)15(4)28-21(19)24-20(25)17-12-13(2)11-14(3)23-17/h6-12H,5H2,1-4H3,(H,24,25). The highest BCUT2D eigenvalue weighted by Crippen LogP contribution is 2.40. The van der Waals surface area contributed by atoms with Gasteiger partial charge in [0.15, 0.2) is 0 Å². The Bertz CT molecular complexity index is 1010. The summed E-state index contributed by atoms with van der Waals surface area (Å²) in [7, 11) is 0. The predicted octanol–water partition coefficient (Wildman–Crippen LogP) is 5.16. The summed E-state index contributed by atoms with van der Waals surface area (Å²) in [6, 6.07) is 13.3. The van der Waals surface area contributed by atoms with E-state index in [9.17, 15) is 9.59 Å². The van der Waals surface area contributed by atoms with Crippen LogP contribution in [0.3, 0.4) is 0 Å². The van der Waals surface area contributed by atoms with Crippen molar-refractivity contribution in [2.45, 2.75) is 27.7 Å². The summed E-state index contributed by atoms with van der Waals surface area (Å²) in [5.41, 5.74) is 4.11. The highest BCUT2D eigenvalue weighted by atomic mass is 32.1. The van der Waals surface area contributed by atoms with E-state index in [1.807, 2.05) is 57.2 Å². The summed E-state index contributed by atoms with van der Waals surface area (Å²) in [6.07, 6.45) is 0. The molecule has 3 aromatic rings. The van der Waals surface area contributed by atoms with E-state index in [0.29, 0.717) is 16.3 Å². The van der Waals surface area contributed by atoms with E-state index in [-0.39, 0.29) is 12.5 Å². The van der Waals surface area contributed by atoms with E-state index in [1.54, 1.807) is 13.0 Å². The van der Waals surface area contributed by atoms with Gasteiger partial charge in [0.25, 0.3) is 5.91 Å². The number of aryl methyl sites for hydroxylation is 3. The molecule has 0 aliphatic rings. The molecule has 0 bridgehead atoms. The zero-order valence-corrected chi connectivity index (χ0v) is 17.1. The molecule has 2 heterocycles. The van der Waals surface area contributed by atoms with Crippen LogP contribution in [0.25, 0.3) is 11.1 Å². The summed E-state index contributed by atoms with van der Waals surface area (Å²) < 4.78 is 5.27. The first-order valence-electron chi connectivity index (χ1n) is 9.03. The third kappa shape index (κ3) is 4.12. The molecule has 5 nitrogen and oxygen atoms in total. The summed E-state index contributed by atoms with van der Waals surface area (Å²) in [4.78, 5) is 30.7. The molecule has 0 aliphatic heterocycles.